The number of ether oxygens (including phenoxy) is 1. The second-order valence-corrected chi connectivity index (χ2v) is 4.02. The van der Waals surface area contributed by atoms with Gasteiger partial charge in [0.05, 0.1) is 0 Å². The Kier molecular flexibility index (Phi) is 6.81. The fourth-order valence-electron chi connectivity index (χ4n) is 1.62. The SMILES string of the molecule is CCCCCCC(C)(OC)C(=O)CC. The highest BCUT2D eigenvalue weighted by Crippen LogP contribution is 2.21. The number of rotatable bonds is 8. The average Bonchev–Trinajstić information content (AvgIpc) is 2.22. The third-order valence-electron chi connectivity index (χ3n) is 2.87. The Balaban J connectivity index is 3.93. The van der Waals surface area contributed by atoms with E-state index in [0.29, 0.717) is 6.42 Å². The zero-order valence-electron chi connectivity index (χ0n) is 10.1. The van der Waals surface area contributed by atoms with Gasteiger partial charge < -0.3 is 4.74 Å². The molecule has 0 fully saturated rings. The molecule has 0 aromatic rings. The van der Waals surface area contributed by atoms with Crippen molar-refractivity contribution in [3.63, 3.8) is 0 Å². The molecule has 0 aromatic heterocycles. The molecular weight excluding hydrogens is 176 g/mol. The van der Waals surface area contributed by atoms with Gasteiger partial charge in [-0.3, -0.25) is 4.79 Å². The maximum atomic E-state index is 11.6. The van der Waals surface area contributed by atoms with Crippen LogP contribution in [0.5, 0.6) is 0 Å². The summed E-state index contributed by atoms with van der Waals surface area (Å²) in [5.74, 6) is 0.219. The molecule has 0 aliphatic heterocycles. The molecule has 84 valence electrons. The van der Waals surface area contributed by atoms with Gasteiger partial charge in [-0.25, -0.2) is 0 Å². The van der Waals surface area contributed by atoms with Crippen LogP contribution in [0.15, 0.2) is 0 Å². The summed E-state index contributed by atoms with van der Waals surface area (Å²) >= 11 is 0. The van der Waals surface area contributed by atoms with Crippen LogP contribution in [0.2, 0.25) is 0 Å². The molecule has 0 bridgehead atoms. The first-order chi connectivity index (χ1) is 6.60. The number of ketones is 1. The van der Waals surface area contributed by atoms with E-state index in [1.54, 1.807) is 7.11 Å². The maximum Gasteiger partial charge on any atom is 0.164 e. The molecule has 0 aromatic carbocycles. The third-order valence-corrected chi connectivity index (χ3v) is 2.87. The Morgan fingerprint density at radius 1 is 1.21 bits per heavy atom. The van der Waals surface area contributed by atoms with Gasteiger partial charge in [0, 0.05) is 13.5 Å². The molecule has 2 heteroatoms. The van der Waals surface area contributed by atoms with Gasteiger partial charge >= 0.3 is 0 Å². The number of unbranched alkanes of at least 4 members (excludes halogenated alkanes) is 3. The molecule has 0 saturated carbocycles. The molecular formula is C12H24O2. The minimum absolute atomic E-state index is 0.219. The van der Waals surface area contributed by atoms with Crippen LogP contribution in [0.1, 0.15) is 59.3 Å². The molecule has 0 spiro atoms. The Hall–Kier alpha value is -0.370. The normalized spacial score (nSPS) is 15.1. The number of methoxy groups -OCH3 is 1. The number of hydrogen-bond donors (Lipinski definition) is 0. The summed E-state index contributed by atoms with van der Waals surface area (Å²) in [6, 6.07) is 0. The van der Waals surface area contributed by atoms with Gasteiger partial charge in [0.15, 0.2) is 5.78 Å². The lowest BCUT2D eigenvalue weighted by Gasteiger charge is -2.26. The van der Waals surface area contributed by atoms with Crippen LogP contribution in [0.25, 0.3) is 0 Å². The first-order valence-corrected chi connectivity index (χ1v) is 5.69. The van der Waals surface area contributed by atoms with Gasteiger partial charge in [-0.15, -0.1) is 0 Å². The maximum absolute atomic E-state index is 11.6. The fourth-order valence-corrected chi connectivity index (χ4v) is 1.62. The van der Waals surface area contributed by atoms with Crippen molar-refractivity contribution in [1.82, 2.24) is 0 Å². The summed E-state index contributed by atoms with van der Waals surface area (Å²) in [7, 11) is 1.63. The zero-order chi connectivity index (χ0) is 11.0. The van der Waals surface area contributed by atoms with E-state index in [9.17, 15) is 4.79 Å². The molecule has 1 atom stereocenters. The van der Waals surface area contributed by atoms with Crippen molar-refractivity contribution < 1.29 is 9.53 Å². The lowest BCUT2D eigenvalue weighted by molar-refractivity contribution is -0.139. The summed E-state index contributed by atoms with van der Waals surface area (Å²) in [5, 5.41) is 0. The molecule has 0 rings (SSSR count). The Bertz CT molecular complexity index is 166. The molecule has 1 unspecified atom stereocenters. The predicted octanol–water partition coefficient (Wildman–Crippen LogP) is 3.34. The van der Waals surface area contributed by atoms with E-state index in [4.69, 9.17) is 4.74 Å². The summed E-state index contributed by atoms with van der Waals surface area (Å²) in [6.07, 6.45) is 6.19. The Labute approximate surface area is 88.0 Å². The van der Waals surface area contributed by atoms with Crippen molar-refractivity contribution in [3.05, 3.63) is 0 Å². The van der Waals surface area contributed by atoms with E-state index in [1.807, 2.05) is 13.8 Å². The highest BCUT2D eigenvalue weighted by Gasteiger charge is 2.30. The van der Waals surface area contributed by atoms with E-state index in [-0.39, 0.29) is 5.78 Å². The van der Waals surface area contributed by atoms with Gasteiger partial charge in [-0.05, 0) is 13.3 Å². The van der Waals surface area contributed by atoms with Gasteiger partial charge in [0.1, 0.15) is 5.60 Å². The Morgan fingerprint density at radius 3 is 2.29 bits per heavy atom. The van der Waals surface area contributed by atoms with Gasteiger partial charge in [0.2, 0.25) is 0 Å². The van der Waals surface area contributed by atoms with E-state index in [2.05, 4.69) is 6.92 Å². The molecule has 0 aliphatic carbocycles. The molecule has 0 aliphatic rings. The first-order valence-electron chi connectivity index (χ1n) is 5.69. The number of hydrogen-bond acceptors (Lipinski definition) is 2. The standard InChI is InChI=1S/C12H24O2/c1-5-7-8-9-10-12(3,14-4)11(13)6-2/h5-10H2,1-4H3. The first kappa shape index (κ1) is 13.6. The molecule has 2 nitrogen and oxygen atoms in total. The van der Waals surface area contributed by atoms with Gasteiger partial charge in [0.25, 0.3) is 0 Å². The van der Waals surface area contributed by atoms with E-state index in [0.717, 1.165) is 12.8 Å². The van der Waals surface area contributed by atoms with Crippen LogP contribution in [-0.4, -0.2) is 18.5 Å². The smallest absolute Gasteiger partial charge is 0.164 e. The summed E-state index contributed by atoms with van der Waals surface area (Å²) in [4.78, 5) is 11.6. The highest BCUT2D eigenvalue weighted by atomic mass is 16.5. The number of Topliss-reactive ketones (excluding diaryl/α,β-unsaturated/α-hetero) is 1. The van der Waals surface area contributed by atoms with E-state index < -0.39 is 5.60 Å². The van der Waals surface area contributed by atoms with Crippen molar-refractivity contribution in [2.45, 2.75) is 64.9 Å². The fraction of sp³-hybridized carbons (Fsp3) is 0.917. The van der Waals surface area contributed by atoms with E-state index in [1.165, 1.54) is 19.3 Å². The molecule has 14 heavy (non-hydrogen) atoms. The lowest BCUT2D eigenvalue weighted by atomic mass is 9.92. The van der Waals surface area contributed by atoms with Gasteiger partial charge in [-0.1, -0.05) is 39.5 Å². The summed E-state index contributed by atoms with van der Waals surface area (Å²) in [6.45, 7) is 5.99. The molecule has 0 N–H and O–H groups in total. The van der Waals surface area contributed by atoms with Crippen molar-refractivity contribution in [3.8, 4) is 0 Å². The van der Waals surface area contributed by atoms with Crippen LogP contribution >= 0.6 is 0 Å². The molecule has 0 heterocycles. The van der Waals surface area contributed by atoms with Gasteiger partial charge in [-0.2, -0.15) is 0 Å². The highest BCUT2D eigenvalue weighted by molar-refractivity contribution is 5.86. The van der Waals surface area contributed by atoms with Crippen molar-refractivity contribution in [2.75, 3.05) is 7.11 Å². The largest absolute Gasteiger partial charge is 0.371 e. The minimum Gasteiger partial charge on any atom is -0.371 e. The second-order valence-electron chi connectivity index (χ2n) is 4.02. The summed E-state index contributed by atoms with van der Waals surface area (Å²) in [5.41, 5.74) is -0.539. The van der Waals surface area contributed by atoms with Crippen LogP contribution in [0.3, 0.4) is 0 Å². The lowest BCUT2D eigenvalue weighted by Crippen LogP contribution is -2.36. The second kappa shape index (κ2) is 6.99. The monoisotopic (exact) mass is 200 g/mol. The van der Waals surface area contributed by atoms with Crippen LogP contribution in [0, 0.1) is 0 Å². The molecule has 0 amide bonds. The van der Waals surface area contributed by atoms with Crippen LogP contribution in [0.4, 0.5) is 0 Å². The molecule has 0 radical (unpaired) electrons. The summed E-state index contributed by atoms with van der Waals surface area (Å²) < 4.78 is 5.32. The number of carbonyl (C=O) groups is 1. The van der Waals surface area contributed by atoms with Crippen molar-refractivity contribution >= 4 is 5.78 Å². The topological polar surface area (TPSA) is 26.3 Å². The quantitative estimate of drug-likeness (QED) is 0.562. The van der Waals surface area contributed by atoms with Crippen molar-refractivity contribution in [2.24, 2.45) is 0 Å². The number of carbonyl (C=O) groups excluding carboxylic acids is 1. The zero-order valence-corrected chi connectivity index (χ0v) is 10.1. The molecule has 0 saturated heterocycles. The predicted molar refractivity (Wildman–Crippen MR) is 59.5 cm³/mol. The van der Waals surface area contributed by atoms with Crippen molar-refractivity contribution in [1.29, 1.82) is 0 Å². The van der Waals surface area contributed by atoms with Crippen LogP contribution < -0.4 is 0 Å². The van der Waals surface area contributed by atoms with Crippen LogP contribution in [-0.2, 0) is 9.53 Å². The minimum atomic E-state index is -0.539. The Morgan fingerprint density at radius 2 is 1.86 bits per heavy atom. The third kappa shape index (κ3) is 4.23. The van der Waals surface area contributed by atoms with E-state index >= 15 is 0 Å². The average molecular weight is 200 g/mol.